The summed E-state index contributed by atoms with van der Waals surface area (Å²) in [6.07, 6.45) is 1.86. The predicted octanol–water partition coefficient (Wildman–Crippen LogP) is 10.7. The fourth-order valence-corrected chi connectivity index (χ4v) is 6.61. The molecule has 0 fully saturated rings. The van der Waals surface area contributed by atoms with Crippen molar-refractivity contribution in [1.82, 2.24) is 14.5 Å². The van der Waals surface area contributed by atoms with Gasteiger partial charge in [0.1, 0.15) is 22.7 Å². The first-order valence-corrected chi connectivity index (χ1v) is 15.6. The molecular weight excluding hydrogens is 578 g/mol. The van der Waals surface area contributed by atoms with Crippen LogP contribution in [-0.4, -0.2) is 19.6 Å². The maximum absolute atomic E-state index is 11.0. The van der Waals surface area contributed by atoms with Crippen LogP contribution in [0, 0.1) is 0 Å². The maximum Gasteiger partial charge on any atom is 0.149 e. The second-order valence-corrected chi connectivity index (χ2v) is 11.6. The smallest absolute Gasteiger partial charge is 0.149 e. The fourth-order valence-electron chi connectivity index (χ4n) is 6.61. The van der Waals surface area contributed by atoms with E-state index in [0.717, 1.165) is 72.2 Å². The summed E-state index contributed by atoms with van der Waals surface area (Å²) in [7, 11) is 0. The van der Waals surface area contributed by atoms with E-state index >= 15 is 0 Å². The first-order valence-electron chi connectivity index (χ1n) is 15.6. The van der Waals surface area contributed by atoms with E-state index in [1.54, 1.807) is 6.07 Å². The second-order valence-electron chi connectivity index (χ2n) is 11.6. The first kappa shape index (κ1) is 26.9. The number of phenols is 1. The quantitative estimate of drug-likeness (QED) is 0.212. The molecule has 5 heteroatoms. The Labute approximate surface area is 270 Å². The molecule has 1 N–H and O–H groups in total. The molecule has 0 aliphatic heterocycles. The summed E-state index contributed by atoms with van der Waals surface area (Å²) in [6, 6.07) is 50.7. The Morgan fingerprint density at radius 3 is 2.15 bits per heavy atom. The molecule has 9 rings (SSSR count). The normalized spacial score (nSPS) is 11.5. The Hall–Kier alpha value is -6.46. The minimum absolute atomic E-state index is 0.177. The number of imidazole rings is 1. The van der Waals surface area contributed by atoms with E-state index in [9.17, 15) is 5.11 Å². The SMILES string of the molecule is Oc1ccccc1-c1nc2c(-c3cc(-c4cc(-c5ccccc5)ccn4)cc4oc5ccccc5c34)cccc2n1-c1ccccc1. The van der Waals surface area contributed by atoms with Crippen LogP contribution in [0.15, 0.2) is 162 Å². The van der Waals surface area contributed by atoms with Gasteiger partial charge in [-0.1, -0.05) is 91.0 Å². The molecule has 3 heterocycles. The number of pyridine rings is 1. The molecule has 0 saturated heterocycles. The third kappa shape index (κ3) is 4.48. The zero-order valence-corrected chi connectivity index (χ0v) is 25.2. The number of furan rings is 1. The van der Waals surface area contributed by atoms with Crippen LogP contribution < -0.4 is 0 Å². The van der Waals surface area contributed by atoms with Gasteiger partial charge >= 0.3 is 0 Å². The van der Waals surface area contributed by atoms with Crippen LogP contribution in [0.3, 0.4) is 0 Å². The molecule has 0 bridgehead atoms. The summed E-state index contributed by atoms with van der Waals surface area (Å²) >= 11 is 0. The Morgan fingerprint density at radius 2 is 1.30 bits per heavy atom. The van der Waals surface area contributed by atoms with E-state index in [2.05, 4.69) is 71.3 Å². The van der Waals surface area contributed by atoms with E-state index in [4.69, 9.17) is 14.4 Å². The molecule has 0 spiro atoms. The molecule has 5 nitrogen and oxygen atoms in total. The van der Waals surface area contributed by atoms with Gasteiger partial charge in [-0.05, 0) is 77.4 Å². The minimum atomic E-state index is 0.177. The van der Waals surface area contributed by atoms with Crippen LogP contribution in [-0.2, 0) is 0 Å². The van der Waals surface area contributed by atoms with Crippen LogP contribution >= 0.6 is 0 Å². The number of hydrogen-bond donors (Lipinski definition) is 1. The highest BCUT2D eigenvalue weighted by atomic mass is 16.3. The molecular formula is C42H27N3O2. The summed E-state index contributed by atoms with van der Waals surface area (Å²) in [4.78, 5) is 10.1. The van der Waals surface area contributed by atoms with Gasteiger partial charge in [0.25, 0.3) is 0 Å². The predicted molar refractivity (Wildman–Crippen MR) is 190 cm³/mol. The first-order chi connectivity index (χ1) is 23.2. The van der Waals surface area contributed by atoms with Crippen molar-refractivity contribution in [1.29, 1.82) is 0 Å². The fraction of sp³-hybridized carbons (Fsp3) is 0. The Morgan fingerprint density at radius 1 is 0.553 bits per heavy atom. The number of aromatic nitrogens is 3. The number of phenolic OH excluding ortho intramolecular Hbond substituents is 1. The third-order valence-corrected chi connectivity index (χ3v) is 8.78. The summed E-state index contributed by atoms with van der Waals surface area (Å²) < 4.78 is 8.62. The van der Waals surface area contributed by atoms with Gasteiger partial charge in [0.15, 0.2) is 0 Å². The maximum atomic E-state index is 11.0. The molecule has 0 aliphatic rings. The number of hydrogen-bond acceptors (Lipinski definition) is 4. The van der Waals surface area contributed by atoms with Crippen LogP contribution in [0.4, 0.5) is 0 Å². The van der Waals surface area contributed by atoms with Crippen LogP contribution in [0.2, 0.25) is 0 Å². The van der Waals surface area contributed by atoms with Gasteiger partial charge in [0.2, 0.25) is 0 Å². The summed E-state index contributed by atoms with van der Waals surface area (Å²) in [6.45, 7) is 0. The van der Waals surface area contributed by atoms with E-state index in [-0.39, 0.29) is 5.75 Å². The lowest BCUT2D eigenvalue weighted by atomic mass is 9.94. The second kappa shape index (κ2) is 10.9. The van der Waals surface area contributed by atoms with Crippen molar-refractivity contribution in [2.24, 2.45) is 0 Å². The van der Waals surface area contributed by atoms with Crippen molar-refractivity contribution < 1.29 is 9.52 Å². The van der Waals surface area contributed by atoms with Gasteiger partial charge in [0.05, 0.1) is 22.3 Å². The molecule has 9 aromatic rings. The highest BCUT2D eigenvalue weighted by molar-refractivity contribution is 6.16. The van der Waals surface area contributed by atoms with Crippen molar-refractivity contribution in [2.45, 2.75) is 0 Å². The van der Waals surface area contributed by atoms with Gasteiger partial charge in [0, 0.05) is 33.8 Å². The number of aromatic hydroxyl groups is 1. The number of nitrogens with zero attached hydrogens (tertiary/aromatic N) is 3. The zero-order valence-electron chi connectivity index (χ0n) is 25.2. The summed E-state index contributed by atoms with van der Waals surface area (Å²) in [5.41, 5.74) is 11.0. The zero-order chi connectivity index (χ0) is 31.3. The number of para-hydroxylation sites is 4. The number of fused-ring (bicyclic) bond motifs is 4. The molecule has 0 unspecified atom stereocenters. The van der Waals surface area contributed by atoms with Crippen molar-refractivity contribution in [2.75, 3.05) is 0 Å². The van der Waals surface area contributed by atoms with Gasteiger partial charge in [-0.3, -0.25) is 9.55 Å². The van der Waals surface area contributed by atoms with Gasteiger partial charge in [-0.2, -0.15) is 0 Å². The van der Waals surface area contributed by atoms with Gasteiger partial charge in [-0.25, -0.2) is 4.98 Å². The minimum Gasteiger partial charge on any atom is -0.507 e. The monoisotopic (exact) mass is 605 g/mol. The summed E-state index contributed by atoms with van der Waals surface area (Å²) in [5, 5.41) is 13.0. The molecule has 0 saturated carbocycles. The summed E-state index contributed by atoms with van der Waals surface area (Å²) in [5.74, 6) is 0.842. The van der Waals surface area contributed by atoms with E-state index in [1.165, 1.54) is 0 Å². The number of benzene rings is 6. The van der Waals surface area contributed by atoms with Crippen molar-refractivity contribution in [3.8, 4) is 56.3 Å². The van der Waals surface area contributed by atoms with Crippen molar-refractivity contribution in [3.05, 3.63) is 158 Å². The molecule has 222 valence electrons. The molecule has 0 amide bonds. The average molecular weight is 606 g/mol. The third-order valence-electron chi connectivity index (χ3n) is 8.78. The number of rotatable bonds is 5. The topological polar surface area (TPSA) is 64.1 Å². The standard InChI is InChI=1S/C42H27N3O2/c46-37-20-9-7-16-32(37)42-44-41-31(18-11-19-36(41)45(42)30-14-5-2-6-15-30)34-24-29(26-39-40(34)33-17-8-10-21-38(33)47-39)35-25-28(22-23-43-35)27-12-3-1-4-13-27/h1-26,46H. The van der Waals surface area contributed by atoms with Crippen LogP contribution in [0.1, 0.15) is 0 Å². The van der Waals surface area contributed by atoms with Gasteiger partial charge in [-0.15, -0.1) is 0 Å². The average Bonchev–Trinajstić information content (AvgIpc) is 3.71. The molecule has 47 heavy (non-hydrogen) atoms. The molecule has 0 atom stereocenters. The highest BCUT2D eigenvalue weighted by Crippen LogP contribution is 2.43. The largest absolute Gasteiger partial charge is 0.507 e. The Bertz CT molecular complexity index is 2580. The van der Waals surface area contributed by atoms with Gasteiger partial charge < -0.3 is 9.52 Å². The molecule has 0 radical (unpaired) electrons. The van der Waals surface area contributed by atoms with E-state index in [0.29, 0.717) is 11.4 Å². The van der Waals surface area contributed by atoms with Crippen molar-refractivity contribution in [3.63, 3.8) is 0 Å². The van der Waals surface area contributed by atoms with Crippen molar-refractivity contribution >= 4 is 33.0 Å². The lowest BCUT2D eigenvalue weighted by Gasteiger charge is -2.11. The Kier molecular flexibility index (Phi) is 6.22. The lowest BCUT2D eigenvalue weighted by molar-refractivity contribution is 0.477. The molecule has 6 aromatic carbocycles. The molecule has 0 aliphatic carbocycles. The Balaban J connectivity index is 1.35. The van der Waals surface area contributed by atoms with Crippen LogP contribution in [0.5, 0.6) is 5.75 Å². The van der Waals surface area contributed by atoms with E-state index < -0.39 is 0 Å². The highest BCUT2D eigenvalue weighted by Gasteiger charge is 2.22. The van der Waals surface area contributed by atoms with Crippen LogP contribution in [0.25, 0.3) is 83.6 Å². The van der Waals surface area contributed by atoms with E-state index in [1.807, 2.05) is 85.1 Å². The molecule has 3 aromatic heterocycles. The lowest BCUT2D eigenvalue weighted by Crippen LogP contribution is -1.97.